The third kappa shape index (κ3) is 4.60. The van der Waals surface area contributed by atoms with Gasteiger partial charge >= 0.3 is 0 Å². The van der Waals surface area contributed by atoms with Gasteiger partial charge in [0.05, 0.1) is 0 Å². The zero-order valence-corrected chi connectivity index (χ0v) is 15.2. The fourth-order valence-electron chi connectivity index (χ4n) is 2.50. The lowest BCUT2D eigenvalue weighted by molar-refractivity contribution is 0.0945. The fraction of sp³-hybridized carbons (Fsp3) is 0.389. The van der Waals surface area contributed by atoms with Crippen LogP contribution in [0.15, 0.2) is 24.3 Å². The number of fused-ring (bicyclic) bond motifs is 1. The van der Waals surface area contributed by atoms with Crippen molar-refractivity contribution in [2.75, 3.05) is 39.3 Å². The van der Waals surface area contributed by atoms with Crippen LogP contribution in [0.5, 0.6) is 11.5 Å². The molecule has 0 fully saturated rings. The molecule has 0 bridgehead atoms. The Labute approximate surface area is 152 Å². The third-order valence-electron chi connectivity index (χ3n) is 3.83. The summed E-state index contributed by atoms with van der Waals surface area (Å²) < 4.78 is 10.7. The zero-order valence-electron chi connectivity index (χ0n) is 15.2. The molecule has 8 heteroatoms. The van der Waals surface area contributed by atoms with Gasteiger partial charge in [0, 0.05) is 25.7 Å². The van der Waals surface area contributed by atoms with Crippen LogP contribution >= 0.6 is 0 Å². The van der Waals surface area contributed by atoms with Crippen molar-refractivity contribution in [3.63, 3.8) is 0 Å². The molecule has 2 heterocycles. The second-order valence-corrected chi connectivity index (χ2v) is 6.29. The topological polar surface area (TPSA) is 88.6 Å². The molecule has 0 radical (unpaired) electrons. The molecular formula is C18H23N5O3. The molecule has 1 amide bonds. The van der Waals surface area contributed by atoms with Gasteiger partial charge in [0.1, 0.15) is 17.3 Å². The number of nitrogens with zero attached hydrogens (tertiary/aromatic N) is 3. The smallest absolute Gasteiger partial charge is 0.270 e. The zero-order chi connectivity index (χ0) is 18.5. The minimum absolute atomic E-state index is 0.205. The second kappa shape index (κ2) is 8.01. The van der Waals surface area contributed by atoms with Gasteiger partial charge in [0.15, 0.2) is 11.5 Å². The molecule has 0 spiro atoms. The van der Waals surface area contributed by atoms with Crippen LogP contribution in [0.25, 0.3) is 0 Å². The summed E-state index contributed by atoms with van der Waals surface area (Å²) in [5.74, 6) is 2.43. The lowest BCUT2D eigenvalue weighted by Crippen LogP contribution is -2.32. The first-order chi connectivity index (χ1) is 12.5. The van der Waals surface area contributed by atoms with E-state index in [-0.39, 0.29) is 12.7 Å². The number of rotatable bonds is 7. The van der Waals surface area contributed by atoms with E-state index in [1.165, 1.54) is 0 Å². The highest BCUT2D eigenvalue weighted by atomic mass is 16.7. The third-order valence-corrected chi connectivity index (χ3v) is 3.83. The van der Waals surface area contributed by atoms with Crippen LogP contribution in [0.4, 0.5) is 5.82 Å². The van der Waals surface area contributed by atoms with Gasteiger partial charge in [-0.3, -0.25) is 4.79 Å². The average molecular weight is 357 g/mol. The predicted octanol–water partition coefficient (Wildman–Crippen LogP) is 1.42. The maximum atomic E-state index is 12.3. The summed E-state index contributed by atoms with van der Waals surface area (Å²) in [6, 6.07) is 7.43. The van der Waals surface area contributed by atoms with Crippen LogP contribution in [0.2, 0.25) is 0 Å². The molecule has 26 heavy (non-hydrogen) atoms. The lowest BCUT2D eigenvalue weighted by Gasteiger charge is -2.11. The highest BCUT2D eigenvalue weighted by molar-refractivity contribution is 5.92. The van der Waals surface area contributed by atoms with E-state index in [4.69, 9.17) is 9.47 Å². The van der Waals surface area contributed by atoms with Crippen molar-refractivity contribution >= 4 is 11.7 Å². The molecule has 3 rings (SSSR count). The van der Waals surface area contributed by atoms with Gasteiger partial charge in [-0.05, 0) is 38.7 Å². The number of amides is 1. The number of hydrogen-bond acceptors (Lipinski definition) is 7. The minimum atomic E-state index is -0.205. The van der Waals surface area contributed by atoms with Crippen molar-refractivity contribution in [3.05, 3.63) is 41.3 Å². The van der Waals surface area contributed by atoms with Gasteiger partial charge in [0.2, 0.25) is 6.79 Å². The van der Waals surface area contributed by atoms with Crippen LogP contribution < -0.4 is 20.1 Å². The predicted molar refractivity (Wildman–Crippen MR) is 97.5 cm³/mol. The van der Waals surface area contributed by atoms with E-state index in [2.05, 4.69) is 20.6 Å². The summed E-state index contributed by atoms with van der Waals surface area (Å²) in [4.78, 5) is 22.8. The first-order valence-electron chi connectivity index (χ1n) is 8.42. The van der Waals surface area contributed by atoms with Crippen molar-refractivity contribution < 1.29 is 14.3 Å². The van der Waals surface area contributed by atoms with Crippen molar-refractivity contribution in [1.29, 1.82) is 0 Å². The van der Waals surface area contributed by atoms with E-state index >= 15 is 0 Å². The second-order valence-electron chi connectivity index (χ2n) is 6.29. The number of aryl methyl sites for hydroxylation is 1. The van der Waals surface area contributed by atoms with Crippen molar-refractivity contribution in [2.24, 2.45) is 0 Å². The summed E-state index contributed by atoms with van der Waals surface area (Å²) in [5, 5.41) is 6.08. The number of carbonyl (C=O) groups is 1. The fourth-order valence-corrected chi connectivity index (χ4v) is 2.50. The molecule has 0 aliphatic carbocycles. The first kappa shape index (κ1) is 17.9. The summed E-state index contributed by atoms with van der Waals surface area (Å²) in [5.41, 5.74) is 1.38. The van der Waals surface area contributed by atoms with Crippen molar-refractivity contribution in [3.8, 4) is 11.5 Å². The summed E-state index contributed by atoms with van der Waals surface area (Å²) >= 11 is 0. The molecule has 0 atom stereocenters. The maximum absolute atomic E-state index is 12.3. The number of carbonyl (C=O) groups excluding carboxylic acids is 1. The number of ether oxygens (including phenoxy) is 2. The van der Waals surface area contributed by atoms with E-state index in [1.54, 1.807) is 13.0 Å². The molecule has 1 aromatic carbocycles. The molecule has 0 unspecified atom stereocenters. The van der Waals surface area contributed by atoms with E-state index in [0.717, 1.165) is 23.6 Å². The van der Waals surface area contributed by atoms with Gasteiger partial charge in [0.25, 0.3) is 5.91 Å². The number of likely N-dealkylation sites (N-methyl/N-ethyl adjacent to an activating group) is 1. The molecule has 0 saturated heterocycles. The molecule has 1 aliphatic heterocycles. The SMILES string of the molecule is Cc1nc(NCc2ccc3c(c2)OCO3)cc(C(=O)NCCN(C)C)n1. The van der Waals surface area contributed by atoms with Crippen LogP contribution in [0, 0.1) is 6.92 Å². The number of hydrogen-bond donors (Lipinski definition) is 2. The summed E-state index contributed by atoms with van der Waals surface area (Å²) in [6.45, 7) is 3.90. The Morgan fingerprint density at radius 3 is 2.81 bits per heavy atom. The average Bonchev–Trinajstić information content (AvgIpc) is 3.07. The Hall–Kier alpha value is -2.87. The van der Waals surface area contributed by atoms with Crippen LogP contribution in [0.1, 0.15) is 21.9 Å². The Morgan fingerprint density at radius 1 is 1.19 bits per heavy atom. The lowest BCUT2D eigenvalue weighted by atomic mass is 10.2. The summed E-state index contributed by atoms with van der Waals surface area (Å²) in [6.07, 6.45) is 0. The molecule has 2 aromatic rings. The van der Waals surface area contributed by atoms with Crippen molar-refractivity contribution in [1.82, 2.24) is 20.2 Å². The molecule has 8 nitrogen and oxygen atoms in total. The highest BCUT2D eigenvalue weighted by Crippen LogP contribution is 2.32. The maximum Gasteiger partial charge on any atom is 0.270 e. The van der Waals surface area contributed by atoms with E-state index in [1.807, 2.05) is 37.2 Å². The summed E-state index contributed by atoms with van der Waals surface area (Å²) in [7, 11) is 3.91. The van der Waals surface area contributed by atoms with Crippen LogP contribution in [-0.2, 0) is 6.54 Å². The Bertz CT molecular complexity index is 794. The largest absolute Gasteiger partial charge is 0.454 e. The quantitative estimate of drug-likeness (QED) is 0.775. The highest BCUT2D eigenvalue weighted by Gasteiger charge is 2.14. The Balaban J connectivity index is 1.63. The molecular weight excluding hydrogens is 334 g/mol. The Morgan fingerprint density at radius 2 is 2.00 bits per heavy atom. The standard InChI is InChI=1S/C18H23N5O3/c1-12-21-14(18(24)19-6-7-23(2)3)9-17(22-12)20-10-13-4-5-15-16(8-13)26-11-25-15/h4-5,8-9H,6-7,10-11H2,1-3H3,(H,19,24)(H,20,21,22). The minimum Gasteiger partial charge on any atom is -0.454 e. The number of aromatic nitrogens is 2. The number of anilines is 1. The van der Waals surface area contributed by atoms with Gasteiger partial charge in [-0.1, -0.05) is 6.07 Å². The number of nitrogens with one attached hydrogen (secondary N) is 2. The van der Waals surface area contributed by atoms with Crippen LogP contribution in [-0.4, -0.2) is 54.8 Å². The first-order valence-corrected chi connectivity index (χ1v) is 8.42. The van der Waals surface area contributed by atoms with Gasteiger partial charge in [-0.25, -0.2) is 9.97 Å². The van der Waals surface area contributed by atoms with E-state index < -0.39 is 0 Å². The number of benzene rings is 1. The van der Waals surface area contributed by atoms with E-state index in [0.29, 0.717) is 30.4 Å². The van der Waals surface area contributed by atoms with Crippen LogP contribution in [0.3, 0.4) is 0 Å². The molecule has 138 valence electrons. The normalized spacial score (nSPS) is 12.3. The van der Waals surface area contributed by atoms with Crippen molar-refractivity contribution in [2.45, 2.75) is 13.5 Å². The molecule has 1 aromatic heterocycles. The molecule has 0 saturated carbocycles. The molecule has 1 aliphatic rings. The van der Waals surface area contributed by atoms with Gasteiger partial charge < -0.3 is 25.0 Å². The monoisotopic (exact) mass is 357 g/mol. The Kier molecular flexibility index (Phi) is 5.52. The molecule has 2 N–H and O–H groups in total. The van der Waals surface area contributed by atoms with Gasteiger partial charge in [-0.15, -0.1) is 0 Å². The van der Waals surface area contributed by atoms with Gasteiger partial charge in [-0.2, -0.15) is 0 Å². The van der Waals surface area contributed by atoms with E-state index in [9.17, 15) is 4.79 Å².